The molecule has 8 aliphatic rings. The van der Waals surface area contributed by atoms with Crippen molar-refractivity contribution in [2.75, 3.05) is 13.2 Å². The lowest BCUT2D eigenvalue weighted by Crippen LogP contribution is -2.68. The van der Waals surface area contributed by atoms with E-state index in [1.165, 1.54) is 6.92 Å². The molecule has 17 heteroatoms. The number of aliphatic carboxylic acids is 1. The van der Waals surface area contributed by atoms with Crippen molar-refractivity contribution in [3.63, 3.8) is 0 Å². The Morgan fingerprint density at radius 2 is 1.39 bits per heavy atom. The second-order valence-electron chi connectivity index (χ2n) is 23.1. The molecule has 24 unspecified atom stereocenters. The molecule has 0 aromatic rings. The molecule has 0 radical (unpaired) electrons. The van der Waals surface area contributed by atoms with Crippen molar-refractivity contribution in [3.05, 3.63) is 11.6 Å². The van der Waals surface area contributed by atoms with Gasteiger partial charge in [-0.25, -0.2) is 4.79 Å². The lowest BCUT2D eigenvalue weighted by molar-refractivity contribution is -0.387. The van der Waals surface area contributed by atoms with Crippen molar-refractivity contribution < 1.29 is 84.3 Å². The summed E-state index contributed by atoms with van der Waals surface area (Å²) in [6, 6.07) is 0. The summed E-state index contributed by atoms with van der Waals surface area (Å²) in [6.07, 6.45) is -14.3. The van der Waals surface area contributed by atoms with Gasteiger partial charge in [0, 0.05) is 5.41 Å². The molecule has 24 atom stereocenters. The first-order valence-corrected chi connectivity index (χ1v) is 23.7. The predicted octanol–water partition coefficient (Wildman–Crippen LogP) is 1.34. The van der Waals surface area contributed by atoms with E-state index >= 15 is 0 Å². The molecule has 64 heavy (non-hydrogen) atoms. The maximum absolute atomic E-state index is 12.4. The number of aliphatic hydroxyl groups excluding tert-OH is 9. The third-order valence-corrected chi connectivity index (χ3v) is 19.2. The Kier molecular flexibility index (Phi) is 13.0. The molecule has 7 fully saturated rings. The summed E-state index contributed by atoms with van der Waals surface area (Å²) in [5.74, 6) is -0.933. The van der Waals surface area contributed by atoms with E-state index in [0.29, 0.717) is 12.3 Å². The van der Waals surface area contributed by atoms with Crippen LogP contribution in [0.25, 0.3) is 0 Å². The average molecular weight is 913 g/mol. The summed E-state index contributed by atoms with van der Waals surface area (Å²) in [4.78, 5) is 12.4. The third-order valence-electron chi connectivity index (χ3n) is 19.2. The molecule has 4 saturated carbocycles. The van der Waals surface area contributed by atoms with Crippen LogP contribution in [0.3, 0.4) is 0 Å². The number of hydrogen-bond donors (Lipinski definition) is 10. The second-order valence-corrected chi connectivity index (χ2v) is 23.1. The standard InChI is InChI=1S/C47H76O17/c1-21-29(51)31(53)34(56)39(60-21)63-36-30(52)24(49)19-59-40(36)64-37-33(55)32(54)35(38(57)58)62-41(37)61-28-12-13-44(5)25(45(28,6)20-48)11-14-47(8)26(44)10-9-22-23-17-42(2,3)27(50)18-43(23,4)15-16-46(22,47)7/h9,21,23-37,39-41,48-56H,10-20H2,1-8H3,(H,57,58). The van der Waals surface area contributed by atoms with E-state index in [9.17, 15) is 55.9 Å². The van der Waals surface area contributed by atoms with Crippen LogP contribution < -0.4 is 0 Å². The van der Waals surface area contributed by atoms with E-state index in [1.807, 2.05) is 6.92 Å². The fraction of sp³-hybridized carbons (Fsp3) is 0.936. The van der Waals surface area contributed by atoms with Crippen molar-refractivity contribution in [2.45, 2.75) is 211 Å². The molecule has 17 nitrogen and oxygen atoms in total. The molecule has 3 heterocycles. The fourth-order valence-electron chi connectivity index (χ4n) is 14.7. The molecule has 0 amide bonds. The number of aliphatic hydroxyl groups is 9. The SMILES string of the molecule is CC1OC(OC2C(OC3C(OC4CCC5(C)C(CCC6(C)C5CC=C5C7CC(C)(C)C(O)CC7(C)CCC56C)C4(C)CO)OC(C(=O)O)C(O)C3O)OCC(O)C2O)C(O)C(O)C1O. The van der Waals surface area contributed by atoms with Gasteiger partial charge < -0.3 is 79.5 Å². The molecule has 10 N–H and O–H groups in total. The van der Waals surface area contributed by atoms with E-state index in [2.05, 4.69) is 47.6 Å². The van der Waals surface area contributed by atoms with E-state index in [1.54, 1.807) is 5.57 Å². The Hall–Kier alpha value is -1.39. The zero-order chi connectivity index (χ0) is 46.9. The van der Waals surface area contributed by atoms with Gasteiger partial charge in [-0.3, -0.25) is 0 Å². The molecule has 0 aromatic heterocycles. The fourth-order valence-corrected chi connectivity index (χ4v) is 14.7. The topological polar surface area (TPSA) is 275 Å². The van der Waals surface area contributed by atoms with Crippen LogP contribution >= 0.6 is 0 Å². The molecule has 366 valence electrons. The zero-order valence-electron chi connectivity index (χ0n) is 38.7. The first kappa shape index (κ1) is 49.0. The Morgan fingerprint density at radius 1 is 0.719 bits per heavy atom. The van der Waals surface area contributed by atoms with Gasteiger partial charge >= 0.3 is 5.97 Å². The van der Waals surface area contributed by atoms with Gasteiger partial charge in [0.1, 0.15) is 54.9 Å². The number of hydrogen-bond acceptors (Lipinski definition) is 16. The normalized spacial score (nSPS) is 56.1. The van der Waals surface area contributed by atoms with Crippen molar-refractivity contribution in [3.8, 4) is 0 Å². The number of fused-ring (bicyclic) bond motifs is 7. The van der Waals surface area contributed by atoms with E-state index < -0.39 is 110 Å². The van der Waals surface area contributed by atoms with Gasteiger partial charge in [-0.2, -0.15) is 0 Å². The molecule has 0 aromatic carbocycles. The van der Waals surface area contributed by atoms with Gasteiger partial charge in [0.05, 0.1) is 31.5 Å². The number of ether oxygens (including phenoxy) is 6. The average Bonchev–Trinajstić information content (AvgIpc) is 3.23. The Morgan fingerprint density at radius 3 is 2.06 bits per heavy atom. The Balaban J connectivity index is 1.06. The van der Waals surface area contributed by atoms with Crippen LogP contribution in [0.1, 0.15) is 113 Å². The van der Waals surface area contributed by atoms with Crippen LogP contribution in [0, 0.1) is 50.2 Å². The minimum Gasteiger partial charge on any atom is -0.479 e. The second kappa shape index (κ2) is 16.9. The third kappa shape index (κ3) is 7.49. The van der Waals surface area contributed by atoms with Crippen LogP contribution in [-0.2, 0) is 33.2 Å². The summed E-state index contributed by atoms with van der Waals surface area (Å²) >= 11 is 0. The smallest absolute Gasteiger partial charge is 0.335 e. The van der Waals surface area contributed by atoms with Crippen LogP contribution in [0.4, 0.5) is 0 Å². The van der Waals surface area contributed by atoms with E-state index in [4.69, 9.17) is 28.4 Å². The first-order chi connectivity index (χ1) is 29.8. The highest BCUT2D eigenvalue weighted by Crippen LogP contribution is 2.76. The van der Waals surface area contributed by atoms with Gasteiger partial charge in [0.25, 0.3) is 0 Å². The number of carbonyl (C=O) groups is 1. The summed E-state index contributed by atoms with van der Waals surface area (Å²) in [5.41, 5.74) is 0.213. The quantitative estimate of drug-likeness (QED) is 0.122. The van der Waals surface area contributed by atoms with Crippen molar-refractivity contribution in [2.24, 2.45) is 50.2 Å². The first-order valence-electron chi connectivity index (χ1n) is 23.7. The number of allylic oxidation sites excluding steroid dienone is 2. The van der Waals surface area contributed by atoms with Crippen molar-refractivity contribution in [1.82, 2.24) is 0 Å². The highest BCUT2D eigenvalue weighted by Gasteiger charge is 2.69. The summed E-state index contributed by atoms with van der Waals surface area (Å²) < 4.78 is 36.1. The van der Waals surface area contributed by atoms with E-state index in [-0.39, 0.29) is 51.6 Å². The Labute approximate surface area is 376 Å². The highest BCUT2D eigenvalue weighted by molar-refractivity contribution is 5.73. The van der Waals surface area contributed by atoms with Gasteiger partial charge in [-0.1, -0.05) is 60.1 Å². The zero-order valence-corrected chi connectivity index (χ0v) is 38.7. The molecule has 0 bridgehead atoms. The minimum atomic E-state index is -2.01. The van der Waals surface area contributed by atoms with Gasteiger partial charge in [0.15, 0.2) is 25.0 Å². The largest absolute Gasteiger partial charge is 0.479 e. The molecule has 3 aliphatic heterocycles. The maximum atomic E-state index is 12.4. The molecule has 0 spiro atoms. The molecular weight excluding hydrogens is 837 g/mol. The summed E-state index contributed by atoms with van der Waals surface area (Å²) in [6.45, 7) is 16.8. The van der Waals surface area contributed by atoms with Crippen LogP contribution in [0.5, 0.6) is 0 Å². The van der Waals surface area contributed by atoms with E-state index in [0.717, 1.165) is 51.4 Å². The van der Waals surface area contributed by atoms with Crippen molar-refractivity contribution in [1.29, 1.82) is 0 Å². The van der Waals surface area contributed by atoms with Crippen LogP contribution in [0.2, 0.25) is 0 Å². The lowest BCUT2D eigenvalue weighted by Gasteiger charge is -2.71. The summed E-state index contributed by atoms with van der Waals surface area (Å²) in [5, 5.41) is 108. The summed E-state index contributed by atoms with van der Waals surface area (Å²) in [7, 11) is 0. The molecule has 3 saturated heterocycles. The number of carboxylic acid groups (broad SMARTS) is 1. The minimum absolute atomic E-state index is 0.0403. The number of rotatable bonds is 8. The monoisotopic (exact) mass is 913 g/mol. The van der Waals surface area contributed by atoms with Gasteiger partial charge in [-0.15, -0.1) is 0 Å². The maximum Gasteiger partial charge on any atom is 0.335 e. The van der Waals surface area contributed by atoms with Gasteiger partial charge in [-0.05, 0) is 110 Å². The lowest BCUT2D eigenvalue weighted by atomic mass is 9.33. The highest BCUT2D eigenvalue weighted by atomic mass is 16.8. The van der Waals surface area contributed by atoms with Crippen LogP contribution in [0.15, 0.2) is 11.6 Å². The predicted molar refractivity (Wildman–Crippen MR) is 225 cm³/mol. The molecular formula is C47H76O17. The molecule has 8 rings (SSSR count). The van der Waals surface area contributed by atoms with Crippen LogP contribution in [-0.4, -0.2) is 168 Å². The molecule has 5 aliphatic carbocycles. The number of carboxylic acids is 1. The van der Waals surface area contributed by atoms with Crippen molar-refractivity contribution >= 4 is 5.97 Å². The Bertz CT molecular complexity index is 1760. The van der Waals surface area contributed by atoms with Gasteiger partial charge in [0.2, 0.25) is 0 Å².